The van der Waals surface area contributed by atoms with E-state index in [0.717, 1.165) is 5.56 Å². The molecule has 0 saturated heterocycles. The summed E-state index contributed by atoms with van der Waals surface area (Å²) in [4.78, 5) is 10.2. The Labute approximate surface area is 133 Å². The monoisotopic (exact) mass is 498 g/mol. The number of ether oxygens (including phenoxy) is 1. The molecule has 90 valence electrons. The first kappa shape index (κ1) is 16.9. The van der Waals surface area contributed by atoms with E-state index in [9.17, 15) is 4.79 Å². The molecule has 0 bridgehead atoms. The van der Waals surface area contributed by atoms with Gasteiger partial charge in [0.1, 0.15) is 6.61 Å². The molecule has 16 heavy (non-hydrogen) atoms. The van der Waals surface area contributed by atoms with E-state index in [0.29, 0.717) is 0 Å². The molecule has 1 aromatic carbocycles. The van der Waals surface area contributed by atoms with Crippen molar-refractivity contribution >= 4 is 80.7 Å². The van der Waals surface area contributed by atoms with Crippen molar-refractivity contribution in [2.75, 3.05) is 0 Å². The minimum absolute atomic E-state index is 0.239. The molecule has 0 saturated carbocycles. The van der Waals surface area contributed by atoms with Crippen molar-refractivity contribution < 1.29 is 9.53 Å². The maximum absolute atomic E-state index is 10.2. The van der Waals surface area contributed by atoms with Crippen molar-refractivity contribution in [1.82, 2.24) is 0 Å². The fraction of sp³-hybridized carbons (Fsp3) is 0.222. The molecule has 0 aliphatic heterocycles. The first-order valence-electron chi connectivity index (χ1n) is 3.91. The van der Waals surface area contributed by atoms with E-state index < -0.39 is 5.43 Å². The molecule has 0 amide bonds. The van der Waals surface area contributed by atoms with Gasteiger partial charge in [-0.3, -0.25) is 0 Å². The van der Waals surface area contributed by atoms with Gasteiger partial charge in [0.2, 0.25) is 0 Å². The third kappa shape index (κ3) is 14.9. The largest absolute Gasteiger partial charge is 0.449 e. The first-order chi connectivity index (χ1) is 7.29. The van der Waals surface area contributed by atoms with E-state index >= 15 is 0 Å². The average molecular weight is 502 g/mol. The van der Waals surface area contributed by atoms with Crippen molar-refractivity contribution in [1.29, 1.82) is 0 Å². The number of hydrogen-bond acceptors (Lipinski definition) is 2. The minimum atomic E-state index is -0.770. The van der Waals surface area contributed by atoms with Gasteiger partial charge in [-0.05, 0) is 69.3 Å². The van der Waals surface area contributed by atoms with Crippen LogP contribution < -0.4 is 0 Å². The number of carbonyl (C=O) groups excluding carboxylic acids is 1. The predicted molar refractivity (Wildman–Crippen MR) is 80.9 cm³/mol. The third-order valence-corrected chi connectivity index (χ3v) is 1.30. The normalized spacial score (nSPS) is 10.1. The minimum Gasteiger partial charge on any atom is -0.449 e. The second kappa shape index (κ2) is 8.91. The maximum atomic E-state index is 10.2. The second-order valence-corrected chi connectivity index (χ2v) is 13.9. The van der Waals surface area contributed by atoms with Crippen LogP contribution in [0.15, 0.2) is 30.3 Å². The Morgan fingerprint density at radius 1 is 1.19 bits per heavy atom. The van der Waals surface area contributed by atoms with Crippen LogP contribution in [0, 0.1) is 0 Å². The lowest BCUT2D eigenvalue weighted by atomic mass is 10.2. The molecule has 0 radical (unpaired) electrons. The Kier molecular flexibility index (Phi) is 9.42. The molecule has 2 nitrogen and oxygen atoms in total. The van der Waals surface area contributed by atoms with Crippen molar-refractivity contribution in [3.63, 3.8) is 0 Å². The Morgan fingerprint density at radius 3 is 2.00 bits per heavy atom. The fourth-order valence-corrected chi connectivity index (χ4v) is 0.769. The molecule has 0 aliphatic rings. The van der Waals surface area contributed by atoms with Gasteiger partial charge in [-0.25, -0.2) is 4.79 Å². The summed E-state index contributed by atoms with van der Waals surface area (Å²) < 4.78 is 4.30. The van der Waals surface area contributed by atoms with Crippen LogP contribution in [0.1, 0.15) is 5.56 Å². The number of carbonyl (C=O) groups is 1. The zero-order valence-corrected chi connectivity index (χ0v) is 14.9. The standard InChI is InChI=1S/C8H7ClO2.CBr4/c9-8(10)11-6-7-4-2-1-3-5-7;2-1(3,4)5/h1-5H,6H2;. The summed E-state index contributed by atoms with van der Waals surface area (Å²) in [6, 6.07) is 9.36. The summed E-state index contributed by atoms with van der Waals surface area (Å²) in [6.07, 6.45) is 0. The van der Waals surface area contributed by atoms with Crippen LogP contribution in [0.2, 0.25) is 0 Å². The molecule has 0 aliphatic carbocycles. The molecule has 0 heterocycles. The van der Waals surface area contributed by atoms with Gasteiger partial charge in [0.05, 0.1) is 0 Å². The summed E-state index contributed by atoms with van der Waals surface area (Å²) in [5.74, 6) is 0. The number of rotatable bonds is 2. The Morgan fingerprint density at radius 2 is 1.62 bits per heavy atom. The van der Waals surface area contributed by atoms with Gasteiger partial charge in [-0.2, -0.15) is 0 Å². The third-order valence-electron chi connectivity index (χ3n) is 1.20. The molecular formula is C9H7Br4ClO2. The highest BCUT2D eigenvalue weighted by Gasteiger charge is 2.08. The maximum Gasteiger partial charge on any atom is 0.404 e. The van der Waals surface area contributed by atoms with Gasteiger partial charge in [-0.1, -0.05) is 30.3 Å². The highest BCUT2D eigenvalue weighted by atomic mass is 80.0. The van der Waals surface area contributed by atoms with E-state index in [-0.39, 0.29) is 7.66 Å². The molecular weight excluding hydrogens is 495 g/mol. The summed E-state index contributed by atoms with van der Waals surface area (Å²) in [5, 5.41) is 0. The highest BCUT2D eigenvalue weighted by molar-refractivity contribution is 9.52. The van der Waals surface area contributed by atoms with Gasteiger partial charge in [-0.15, -0.1) is 0 Å². The molecule has 0 N–H and O–H groups in total. The molecule has 0 fully saturated rings. The van der Waals surface area contributed by atoms with Gasteiger partial charge in [0.15, 0.2) is 1.05 Å². The molecule has 7 heteroatoms. The van der Waals surface area contributed by atoms with Gasteiger partial charge >= 0.3 is 5.43 Å². The van der Waals surface area contributed by atoms with E-state index in [4.69, 9.17) is 11.6 Å². The lowest BCUT2D eigenvalue weighted by molar-refractivity contribution is 0.167. The van der Waals surface area contributed by atoms with Crippen LogP contribution in [0.4, 0.5) is 4.79 Å². The van der Waals surface area contributed by atoms with Gasteiger partial charge < -0.3 is 4.74 Å². The first-order valence-corrected chi connectivity index (χ1v) is 7.46. The highest BCUT2D eigenvalue weighted by Crippen LogP contribution is 2.39. The van der Waals surface area contributed by atoms with Gasteiger partial charge in [0, 0.05) is 11.6 Å². The summed E-state index contributed by atoms with van der Waals surface area (Å²) in [6.45, 7) is 0.239. The van der Waals surface area contributed by atoms with E-state index in [1.54, 1.807) is 0 Å². The predicted octanol–water partition coefficient (Wildman–Crippen LogP) is 5.74. The van der Waals surface area contributed by atoms with Gasteiger partial charge in [0.25, 0.3) is 0 Å². The second-order valence-electron chi connectivity index (χ2n) is 2.44. The Bertz CT molecular complexity index is 307. The smallest absolute Gasteiger partial charge is 0.404 e. The van der Waals surface area contributed by atoms with Crippen molar-refractivity contribution in [3.05, 3.63) is 35.9 Å². The molecule has 0 unspecified atom stereocenters. The van der Waals surface area contributed by atoms with Crippen LogP contribution >= 0.6 is 75.3 Å². The van der Waals surface area contributed by atoms with E-state index in [2.05, 4.69) is 68.5 Å². The Hall–Kier alpha value is 0.900. The van der Waals surface area contributed by atoms with Crippen molar-refractivity contribution in [3.8, 4) is 0 Å². The number of hydrogen-bond donors (Lipinski definition) is 0. The zero-order chi connectivity index (χ0) is 12.6. The molecule has 0 spiro atoms. The van der Waals surface area contributed by atoms with Crippen molar-refractivity contribution in [2.45, 2.75) is 7.66 Å². The summed E-state index contributed by atoms with van der Waals surface area (Å²) in [7, 11) is 0. The number of halogens is 5. The fourth-order valence-electron chi connectivity index (χ4n) is 0.714. The van der Waals surface area contributed by atoms with Crippen LogP contribution in [0.3, 0.4) is 0 Å². The SMILES string of the molecule is BrC(Br)(Br)Br.O=C(Cl)OCc1ccccc1. The summed E-state index contributed by atoms with van der Waals surface area (Å²) >= 11 is 17.5. The number of benzene rings is 1. The quantitative estimate of drug-likeness (QED) is 0.381. The van der Waals surface area contributed by atoms with E-state index in [1.165, 1.54) is 0 Å². The van der Waals surface area contributed by atoms with E-state index in [1.807, 2.05) is 30.3 Å². The molecule has 0 atom stereocenters. The number of alkyl halides is 4. The topological polar surface area (TPSA) is 26.3 Å². The van der Waals surface area contributed by atoms with Crippen LogP contribution in [-0.2, 0) is 11.3 Å². The van der Waals surface area contributed by atoms with Crippen LogP contribution in [-0.4, -0.2) is 6.48 Å². The zero-order valence-electron chi connectivity index (χ0n) is 7.80. The lowest BCUT2D eigenvalue weighted by Gasteiger charge is -1.98. The van der Waals surface area contributed by atoms with Crippen LogP contribution in [0.5, 0.6) is 0 Å². The molecule has 1 aromatic rings. The van der Waals surface area contributed by atoms with Crippen molar-refractivity contribution in [2.24, 2.45) is 0 Å². The molecule has 0 aromatic heterocycles. The Balaban J connectivity index is 0.000000385. The average Bonchev–Trinajstić information content (AvgIpc) is 2.14. The molecule has 1 rings (SSSR count). The summed E-state index contributed by atoms with van der Waals surface area (Å²) in [5.41, 5.74) is 0.162. The van der Waals surface area contributed by atoms with Crippen LogP contribution in [0.25, 0.3) is 0 Å². The lowest BCUT2D eigenvalue weighted by Crippen LogP contribution is -1.93.